The zero-order valence-electron chi connectivity index (χ0n) is 6.38. The first-order valence-electron chi connectivity index (χ1n) is 3.37. The Morgan fingerprint density at radius 1 is 1.58 bits per heavy atom. The van der Waals surface area contributed by atoms with E-state index in [2.05, 4.69) is 22.5 Å². The molecule has 12 heavy (non-hydrogen) atoms. The zero-order valence-corrected chi connectivity index (χ0v) is 7.97. The van der Waals surface area contributed by atoms with Crippen molar-refractivity contribution in [3.05, 3.63) is 40.4 Å². The fraction of sp³-hybridized carbons (Fsp3) is 0. The molecule has 1 aromatic rings. The molecule has 0 atom stereocenters. The van der Waals surface area contributed by atoms with E-state index in [1.165, 1.54) is 0 Å². The van der Waals surface area contributed by atoms with Gasteiger partial charge in [0.2, 0.25) is 5.91 Å². The first-order valence-corrected chi connectivity index (χ1v) is 4.16. The lowest BCUT2D eigenvalue weighted by molar-refractivity contribution is 0.1000. The lowest BCUT2D eigenvalue weighted by Crippen LogP contribution is -2.12. The van der Waals surface area contributed by atoms with Gasteiger partial charge in [-0.2, -0.15) is 0 Å². The summed E-state index contributed by atoms with van der Waals surface area (Å²) in [7, 11) is 0. The van der Waals surface area contributed by atoms with Crippen molar-refractivity contribution < 1.29 is 4.79 Å². The largest absolute Gasteiger partial charge is 0.366 e. The van der Waals surface area contributed by atoms with E-state index in [-0.39, 0.29) is 0 Å². The summed E-state index contributed by atoms with van der Waals surface area (Å²) >= 11 is 3.29. The summed E-state index contributed by atoms with van der Waals surface area (Å²) in [5, 5.41) is 0. The van der Waals surface area contributed by atoms with Crippen molar-refractivity contribution in [1.29, 1.82) is 0 Å². The Bertz CT molecular complexity index is 333. The summed E-state index contributed by atoms with van der Waals surface area (Å²) in [4.78, 5) is 10.9. The van der Waals surface area contributed by atoms with Crippen LogP contribution < -0.4 is 5.73 Å². The Balaban J connectivity index is 3.29. The molecule has 0 spiro atoms. The third-order valence-corrected chi connectivity index (χ3v) is 1.99. The van der Waals surface area contributed by atoms with Crippen LogP contribution in [0.2, 0.25) is 0 Å². The predicted molar refractivity (Wildman–Crippen MR) is 52.8 cm³/mol. The molecule has 0 saturated heterocycles. The number of nitrogens with two attached hydrogens (primary N) is 1. The molecule has 0 aliphatic carbocycles. The Morgan fingerprint density at radius 2 is 2.25 bits per heavy atom. The smallest absolute Gasteiger partial charge is 0.249 e. The van der Waals surface area contributed by atoms with E-state index in [0.29, 0.717) is 5.56 Å². The van der Waals surface area contributed by atoms with Gasteiger partial charge in [-0.25, -0.2) is 0 Å². The van der Waals surface area contributed by atoms with Crippen LogP contribution in [0.25, 0.3) is 6.08 Å². The molecule has 1 amide bonds. The van der Waals surface area contributed by atoms with Gasteiger partial charge >= 0.3 is 0 Å². The van der Waals surface area contributed by atoms with Crippen molar-refractivity contribution >= 4 is 27.9 Å². The van der Waals surface area contributed by atoms with Gasteiger partial charge in [0.25, 0.3) is 0 Å². The van der Waals surface area contributed by atoms with Crippen LogP contribution in [-0.4, -0.2) is 5.91 Å². The molecule has 0 saturated carbocycles. The fourth-order valence-electron chi connectivity index (χ4n) is 0.927. The second-order valence-electron chi connectivity index (χ2n) is 2.30. The minimum absolute atomic E-state index is 0.433. The Morgan fingerprint density at radius 3 is 2.75 bits per heavy atom. The molecule has 0 aromatic heterocycles. The van der Waals surface area contributed by atoms with Gasteiger partial charge in [-0.3, -0.25) is 4.79 Å². The Kier molecular flexibility index (Phi) is 2.65. The topological polar surface area (TPSA) is 43.1 Å². The van der Waals surface area contributed by atoms with Gasteiger partial charge in [-0.1, -0.05) is 28.6 Å². The molecule has 1 aromatic carbocycles. The van der Waals surface area contributed by atoms with E-state index in [1.807, 2.05) is 0 Å². The van der Waals surface area contributed by atoms with Gasteiger partial charge in [0.15, 0.2) is 0 Å². The number of hydrogen-bond donors (Lipinski definition) is 1. The highest BCUT2D eigenvalue weighted by Crippen LogP contribution is 2.17. The van der Waals surface area contributed by atoms with Gasteiger partial charge in [0.05, 0.1) is 0 Å². The normalized spacial score (nSPS) is 9.42. The molecule has 0 radical (unpaired) electrons. The molecular formula is C9H8BrNO. The van der Waals surface area contributed by atoms with Crippen molar-refractivity contribution in [3.63, 3.8) is 0 Å². The maximum atomic E-state index is 10.9. The quantitative estimate of drug-likeness (QED) is 0.825. The molecule has 0 aliphatic heterocycles. The van der Waals surface area contributed by atoms with Gasteiger partial charge in [-0.15, -0.1) is 0 Å². The molecule has 0 fully saturated rings. The van der Waals surface area contributed by atoms with E-state index in [9.17, 15) is 4.79 Å². The minimum atomic E-state index is -0.433. The molecular weight excluding hydrogens is 218 g/mol. The summed E-state index contributed by atoms with van der Waals surface area (Å²) in [6.07, 6.45) is 1.60. The molecule has 2 nitrogen and oxygen atoms in total. The van der Waals surface area contributed by atoms with Crippen molar-refractivity contribution in [2.24, 2.45) is 5.73 Å². The van der Waals surface area contributed by atoms with Crippen LogP contribution in [0.1, 0.15) is 15.9 Å². The van der Waals surface area contributed by atoms with Crippen LogP contribution in [0.15, 0.2) is 29.3 Å². The molecule has 2 N–H and O–H groups in total. The Labute approximate surface area is 79.2 Å². The van der Waals surface area contributed by atoms with Gasteiger partial charge in [0.1, 0.15) is 0 Å². The predicted octanol–water partition coefficient (Wildman–Crippen LogP) is 2.19. The van der Waals surface area contributed by atoms with E-state index >= 15 is 0 Å². The number of carbonyl (C=O) groups is 1. The number of primary amides is 1. The molecule has 62 valence electrons. The number of halogens is 1. The third kappa shape index (κ3) is 1.74. The van der Waals surface area contributed by atoms with Gasteiger partial charge < -0.3 is 5.73 Å². The molecule has 1 rings (SSSR count). The maximum Gasteiger partial charge on any atom is 0.249 e. The van der Waals surface area contributed by atoms with E-state index in [1.54, 1.807) is 24.3 Å². The van der Waals surface area contributed by atoms with Crippen LogP contribution in [0.4, 0.5) is 0 Å². The van der Waals surface area contributed by atoms with Gasteiger partial charge in [-0.05, 0) is 23.8 Å². The zero-order chi connectivity index (χ0) is 9.14. The minimum Gasteiger partial charge on any atom is -0.366 e. The van der Waals surface area contributed by atoms with E-state index < -0.39 is 5.91 Å². The molecule has 0 unspecified atom stereocenters. The number of benzene rings is 1. The van der Waals surface area contributed by atoms with Crippen LogP contribution >= 0.6 is 15.9 Å². The van der Waals surface area contributed by atoms with E-state index in [0.717, 1.165) is 10.0 Å². The lowest BCUT2D eigenvalue weighted by atomic mass is 10.1. The van der Waals surface area contributed by atoms with Crippen LogP contribution in [0.3, 0.4) is 0 Å². The maximum absolute atomic E-state index is 10.9. The second-order valence-corrected chi connectivity index (χ2v) is 3.22. The SMILES string of the molecule is C=Cc1cc(Br)ccc1C(N)=O. The second kappa shape index (κ2) is 3.54. The highest BCUT2D eigenvalue weighted by atomic mass is 79.9. The molecule has 0 aliphatic rings. The number of carbonyl (C=O) groups excluding carboxylic acids is 1. The summed E-state index contributed by atoms with van der Waals surface area (Å²) in [6, 6.07) is 5.24. The monoisotopic (exact) mass is 225 g/mol. The molecule has 0 bridgehead atoms. The lowest BCUT2D eigenvalue weighted by Gasteiger charge is -2.01. The Hall–Kier alpha value is -1.09. The average Bonchev–Trinajstić information content (AvgIpc) is 2.03. The third-order valence-electron chi connectivity index (χ3n) is 1.50. The summed E-state index contributed by atoms with van der Waals surface area (Å²) < 4.78 is 0.905. The van der Waals surface area contributed by atoms with E-state index in [4.69, 9.17) is 5.73 Å². The summed E-state index contributed by atoms with van der Waals surface area (Å²) in [6.45, 7) is 3.59. The summed E-state index contributed by atoms with van der Waals surface area (Å²) in [5.74, 6) is -0.433. The molecule has 0 heterocycles. The number of rotatable bonds is 2. The highest BCUT2D eigenvalue weighted by Gasteiger charge is 2.04. The van der Waals surface area contributed by atoms with Gasteiger partial charge in [0, 0.05) is 10.0 Å². The first kappa shape index (κ1) is 9.00. The van der Waals surface area contributed by atoms with Crippen molar-refractivity contribution in [3.8, 4) is 0 Å². The van der Waals surface area contributed by atoms with Crippen LogP contribution in [0.5, 0.6) is 0 Å². The number of amides is 1. The van der Waals surface area contributed by atoms with Crippen LogP contribution in [0, 0.1) is 0 Å². The first-order chi connectivity index (χ1) is 5.65. The highest BCUT2D eigenvalue weighted by molar-refractivity contribution is 9.10. The van der Waals surface area contributed by atoms with Crippen molar-refractivity contribution in [2.45, 2.75) is 0 Å². The molecule has 3 heteroatoms. The van der Waals surface area contributed by atoms with Crippen LogP contribution in [-0.2, 0) is 0 Å². The fourth-order valence-corrected chi connectivity index (χ4v) is 1.31. The van der Waals surface area contributed by atoms with Crippen molar-refractivity contribution in [1.82, 2.24) is 0 Å². The number of hydrogen-bond acceptors (Lipinski definition) is 1. The standard InChI is InChI=1S/C9H8BrNO/c1-2-6-5-7(10)3-4-8(6)9(11)12/h2-5H,1H2,(H2,11,12). The van der Waals surface area contributed by atoms with Crippen molar-refractivity contribution in [2.75, 3.05) is 0 Å². The average molecular weight is 226 g/mol. The summed E-state index contributed by atoms with van der Waals surface area (Å²) in [5.41, 5.74) is 6.38.